The van der Waals surface area contributed by atoms with Gasteiger partial charge in [-0.3, -0.25) is 4.79 Å². The first-order valence-electron chi connectivity index (χ1n) is 14.4. The first-order valence-corrected chi connectivity index (χ1v) is 14.4. The summed E-state index contributed by atoms with van der Waals surface area (Å²) in [6.45, 7) is 17.1. The lowest BCUT2D eigenvalue weighted by molar-refractivity contribution is -0.280. The lowest BCUT2D eigenvalue weighted by Crippen LogP contribution is -2.68. The number of allylic oxidation sites excluding steroid dienone is 3. The van der Waals surface area contributed by atoms with E-state index < -0.39 is 36.2 Å². The summed E-state index contributed by atoms with van der Waals surface area (Å²) in [5, 5.41) is 12.3. The molecule has 3 aliphatic rings. The maximum absolute atomic E-state index is 12.4. The molecule has 0 radical (unpaired) electrons. The second-order valence-electron chi connectivity index (χ2n) is 11.5. The van der Waals surface area contributed by atoms with Gasteiger partial charge in [0.15, 0.2) is 6.29 Å². The van der Waals surface area contributed by atoms with Crippen molar-refractivity contribution in [3.8, 4) is 0 Å². The summed E-state index contributed by atoms with van der Waals surface area (Å²) in [6.07, 6.45) is 7.92. The molecule has 216 valence electrons. The lowest BCUT2D eigenvalue weighted by atomic mass is 9.44. The quantitative estimate of drug-likeness (QED) is 0.140. The molecule has 1 spiro atoms. The van der Waals surface area contributed by atoms with Gasteiger partial charge in [0.25, 0.3) is 0 Å². The van der Waals surface area contributed by atoms with Crippen LogP contribution in [0.15, 0.2) is 36.0 Å². The van der Waals surface area contributed by atoms with Gasteiger partial charge in [-0.25, -0.2) is 0 Å². The van der Waals surface area contributed by atoms with Crippen molar-refractivity contribution < 1.29 is 33.6 Å². The molecule has 1 saturated heterocycles. The van der Waals surface area contributed by atoms with E-state index in [0.29, 0.717) is 19.6 Å². The molecular weight excluding hydrogens is 484 g/mol. The standard InChI is InChI=1S/C31H50O7/c1-9-12-16-35-26-21(5)30(7,15-14-20(4)11-3)25-19-23(34-8)18-24-28(36-17-13-10-2)38-29(37-22(6)32)31(24,25)27(26)33/h11,14,18,21,23,25-29,33H,3,9-10,12-13,15-17,19H2,1-2,4-8H3/b20-14-/t21-,23+,25+,26-,27+,28+,29-,30-,31?/m1/s1. The third-order valence-electron chi connectivity index (χ3n) is 9.27. The number of hydrogen-bond donors (Lipinski definition) is 1. The minimum absolute atomic E-state index is 0.00809. The van der Waals surface area contributed by atoms with Crippen molar-refractivity contribution in [2.45, 2.75) is 111 Å². The highest BCUT2D eigenvalue weighted by Gasteiger charge is 2.73. The molecule has 2 fully saturated rings. The molecule has 0 amide bonds. The van der Waals surface area contributed by atoms with Gasteiger partial charge in [-0.2, -0.15) is 0 Å². The van der Waals surface area contributed by atoms with Gasteiger partial charge in [-0.05, 0) is 55.4 Å². The molecular formula is C31H50O7. The summed E-state index contributed by atoms with van der Waals surface area (Å²) >= 11 is 0. The molecule has 1 N–H and O–H groups in total. The van der Waals surface area contributed by atoms with Crippen LogP contribution >= 0.6 is 0 Å². The van der Waals surface area contributed by atoms with Crippen LogP contribution < -0.4 is 0 Å². The van der Waals surface area contributed by atoms with Crippen LogP contribution in [-0.4, -0.2) is 62.3 Å². The van der Waals surface area contributed by atoms with Crippen LogP contribution in [0.3, 0.4) is 0 Å². The average molecular weight is 535 g/mol. The third kappa shape index (κ3) is 5.68. The predicted molar refractivity (Wildman–Crippen MR) is 147 cm³/mol. The Morgan fingerprint density at radius 2 is 1.87 bits per heavy atom. The molecule has 2 aliphatic carbocycles. The fourth-order valence-electron chi connectivity index (χ4n) is 6.79. The minimum Gasteiger partial charge on any atom is -0.435 e. The Balaban J connectivity index is 2.22. The number of methoxy groups -OCH3 is 1. The van der Waals surface area contributed by atoms with Crippen molar-refractivity contribution in [2.75, 3.05) is 20.3 Å². The molecule has 1 aliphatic heterocycles. The number of rotatable bonds is 13. The van der Waals surface area contributed by atoms with Gasteiger partial charge in [0.05, 0.1) is 30.3 Å². The largest absolute Gasteiger partial charge is 0.435 e. The molecule has 0 bridgehead atoms. The van der Waals surface area contributed by atoms with Crippen molar-refractivity contribution in [3.63, 3.8) is 0 Å². The van der Waals surface area contributed by atoms with Gasteiger partial charge in [-0.15, -0.1) is 0 Å². The first-order chi connectivity index (χ1) is 18.1. The number of ether oxygens (including phenoxy) is 5. The van der Waals surface area contributed by atoms with E-state index in [1.807, 2.05) is 19.1 Å². The summed E-state index contributed by atoms with van der Waals surface area (Å²) in [5.41, 5.74) is 0.543. The topological polar surface area (TPSA) is 83.5 Å². The number of hydrogen-bond acceptors (Lipinski definition) is 7. The molecule has 9 atom stereocenters. The lowest BCUT2D eigenvalue weighted by Gasteiger charge is -2.62. The van der Waals surface area contributed by atoms with Crippen molar-refractivity contribution in [1.29, 1.82) is 0 Å². The summed E-state index contributed by atoms with van der Waals surface area (Å²) in [7, 11) is 1.71. The van der Waals surface area contributed by atoms with E-state index in [2.05, 4.69) is 40.3 Å². The van der Waals surface area contributed by atoms with Gasteiger partial charge in [0, 0.05) is 20.6 Å². The Bertz CT molecular complexity index is 881. The van der Waals surface area contributed by atoms with E-state index in [1.165, 1.54) is 6.92 Å². The molecule has 1 unspecified atom stereocenters. The number of carbonyl (C=O) groups is 1. The second kappa shape index (κ2) is 13.2. The van der Waals surface area contributed by atoms with Crippen LogP contribution in [0.1, 0.15) is 80.1 Å². The fourth-order valence-corrected chi connectivity index (χ4v) is 6.79. The highest BCUT2D eigenvalue weighted by Crippen LogP contribution is 2.67. The normalized spacial score (nSPS) is 38.8. The summed E-state index contributed by atoms with van der Waals surface area (Å²) < 4.78 is 30.9. The Morgan fingerprint density at radius 3 is 2.45 bits per heavy atom. The Morgan fingerprint density at radius 1 is 1.21 bits per heavy atom. The van der Waals surface area contributed by atoms with Gasteiger partial charge < -0.3 is 28.8 Å². The highest BCUT2D eigenvalue weighted by atomic mass is 16.8. The summed E-state index contributed by atoms with van der Waals surface area (Å²) in [6, 6.07) is 0. The zero-order chi connectivity index (χ0) is 28.1. The number of aliphatic hydroxyl groups is 1. The molecule has 1 heterocycles. The molecule has 1 saturated carbocycles. The van der Waals surface area contributed by atoms with Gasteiger partial charge in [-0.1, -0.05) is 70.9 Å². The first kappa shape index (κ1) is 31.0. The molecule has 7 heteroatoms. The van der Waals surface area contributed by atoms with Crippen LogP contribution in [0.25, 0.3) is 0 Å². The third-order valence-corrected chi connectivity index (χ3v) is 9.27. The molecule has 0 aromatic carbocycles. The van der Waals surface area contributed by atoms with E-state index in [4.69, 9.17) is 23.7 Å². The number of carbonyl (C=O) groups excluding carboxylic acids is 1. The number of aliphatic hydroxyl groups excluding tert-OH is 1. The zero-order valence-corrected chi connectivity index (χ0v) is 24.5. The van der Waals surface area contributed by atoms with E-state index in [9.17, 15) is 9.90 Å². The van der Waals surface area contributed by atoms with Gasteiger partial charge >= 0.3 is 5.97 Å². The Hall–Kier alpha value is -1.51. The van der Waals surface area contributed by atoms with Crippen molar-refractivity contribution >= 4 is 5.97 Å². The Kier molecular flexibility index (Phi) is 10.8. The van der Waals surface area contributed by atoms with E-state index in [0.717, 1.165) is 43.3 Å². The predicted octanol–water partition coefficient (Wildman–Crippen LogP) is 5.72. The zero-order valence-electron chi connectivity index (χ0n) is 24.5. The monoisotopic (exact) mass is 534 g/mol. The van der Waals surface area contributed by atoms with E-state index >= 15 is 0 Å². The van der Waals surface area contributed by atoms with Crippen molar-refractivity contribution in [1.82, 2.24) is 0 Å². The molecule has 7 nitrogen and oxygen atoms in total. The van der Waals surface area contributed by atoms with Crippen LogP contribution in [0.2, 0.25) is 0 Å². The number of unbranched alkanes of at least 4 members (excludes halogenated alkanes) is 2. The molecule has 0 aromatic rings. The SMILES string of the molecule is C=C/C(C)=C\C[C@]1(C)[C@H](C)[C@@H](OCCCC)[C@H](O)C23C(=C[C@H](OC)C[C@H]21)[C@@H](OCCCC)O[C@H]3OC(C)=O. The van der Waals surface area contributed by atoms with Crippen LogP contribution in [0.4, 0.5) is 0 Å². The highest BCUT2D eigenvalue weighted by molar-refractivity contribution is 5.66. The van der Waals surface area contributed by atoms with Crippen LogP contribution in [-0.2, 0) is 28.5 Å². The Labute approximate surface area is 229 Å². The maximum Gasteiger partial charge on any atom is 0.304 e. The number of esters is 1. The van der Waals surface area contributed by atoms with E-state index in [-0.39, 0.29) is 23.4 Å². The summed E-state index contributed by atoms with van der Waals surface area (Å²) in [5.74, 6) is -0.577. The van der Waals surface area contributed by atoms with Crippen LogP contribution in [0.5, 0.6) is 0 Å². The van der Waals surface area contributed by atoms with Crippen LogP contribution in [0, 0.1) is 22.7 Å². The second-order valence-corrected chi connectivity index (χ2v) is 11.5. The van der Waals surface area contributed by atoms with E-state index in [1.54, 1.807) is 7.11 Å². The molecule has 38 heavy (non-hydrogen) atoms. The van der Waals surface area contributed by atoms with Crippen molar-refractivity contribution in [3.05, 3.63) is 36.0 Å². The van der Waals surface area contributed by atoms with Gasteiger partial charge in [0.2, 0.25) is 6.29 Å². The average Bonchev–Trinajstić information content (AvgIpc) is 3.20. The van der Waals surface area contributed by atoms with Gasteiger partial charge in [0.1, 0.15) is 0 Å². The minimum atomic E-state index is -1.02. The maximum atomic E-state index is 12.4. The molecule has 0 aromatic heterocycles. The van der Waals surface area contributed by atoms with Crippen molar-refractivity contribution in [2.24, 2.45) is 22.7 Å². The fraction of sp³-hybridized carbons (Fsp3) is 0.774. The smallest absolute Gasteiger partial charge is 0.304 e. The molecule has 3 rings (SSSR count). The summed E-state index contributed by atoms with van der Waals surface area (Å²) in [4.78, 5) is 12.4.